The monoisotopic (exact) mass is 202 g/mol. The lowest BCUT2D eigenvalue weighted by Crippen LogP contribution is -2.34. The summed E-state index contributed by atoms with van der Waals surface area (Å²) in [7, 11) is 0. The minimum Gasteiger partial charge on any atom is -0.312 e. The Morgan fingerprint density at radius 2 is 2.23 bits per heavy atom. The fraction of sp³-hybridized carbons (Fsp3) is 0.750. The maximum absolute atomic E-state index is 11.6. The predicted octanol–water partition coefficient (Wildman–Crippen LogP) is 0.652. The molecule has 0 bridgehead atoms. The molecule has 1 unspecified atom stereocenters. The zero-order chi connectivity index (χ0) is 9.42. The number of halogens is 1. The van der Waals surface area contributed by atoms with Crippen molar-refractivity contribution in [2.45, 2.75) is 18.9 Å². The molecule has 2 aliphatic heterocycles. The minimum absolute atomic E-state index is 0.0665. The zero-order valence-corrected chi connectivity index (χ0v) is 7.96. The molecule has 13 heavy (non-hydrogen) atoms. The summed E-state index contributed by atoms with van der Waals surface area (Å²) in [6, 6.07) is -0.344. The highest BCUT2D eigenvalue weighted by molar-refractivity contribution is 6.18. The lowest BCUT2D eigenvalue weighted by molar-refractivity contribution is -0.127. The van der Waals surface area contributed by atoms with Gasteiger partial charge >= 0.3 is 6.03 Å². The minimum atomic E-state index is -0.185. The van der Waals surface area contributed by atoms with Crippen LogP contribution in [0, 0.1) is 0 Å². The van der Waals surface area contributed by atoms with Crippen molar-refractivity contribution >= 4 is 23.5 Å². The molecular weight excluding hydrogens is 192 g/mol. The van der Waals surface area contributed by atoms with Gasteiger partial charge in [0.15, 0.2) is 0 Å². The molecular formula is C8H11ClN2O2. The third-order valence-electron chi connectivity index (χ3n) is 2.59. The van der Waals surface area contributed by atoms with E-state index >= 15 is 0 Å². The van der Waals surface area contributed by atoms with Gasteiger partial charge < -0.3 is 4.90 Å². The van der Waals surface area contributed by atoms with E-state index in [9.17, 15) is 9.59 Å². The first-order valence-electron chi connectivity index (χ1n) is 4.43. The molecule has 5 heteroatoms. The molecule has 2 rings (SSSR count). The quantitative estimate of drug-likeness (QED) is 0.488. The summed E-state index contributed by atoms with van der Waals surface area (Å²) in [6.07, 6.45) is 1.75. The summed E-state index contributed by atoms with van der Waals surface area (Å²) in [5.74, 6) is 0.251. The summed E-state index contributed by atoms with van der Waals surface area (Å²) in [5, 5.41) is 0. The first-order valence-corrected chi connectivity index (χ1v) is 4.97. The lowest BCUT2D eigenvalue weighted by Gasteiger charge is -2.13. The van der Waals surface area contributed by atoms with Crippen molar-refractivity contribution in [2.75, 3.05) is 19.0 Å². The molecule has 0 radical (unpaired) electrons. The molecule has 4 nitrogen and oxygen atoms in total. The zero-order valence-electron chi connectivity index (χ0n) is 7.20. The Hall–Kier alpha value is -0.770. The molecule has 0 aromatic heterocycles. The Morgan fingerprint density at radius 3 is 2.85 bits per heavy atom. The maximum atomic E-state index is 11.6. The van der Waals surface area contributed by atoms with Crippen LogP contribution in [-0.4, -0.2) is 46.7 Å². The van der Waals surface area contributed by atoms with E-state index < -0.39 is 0 Å². The number of amides is 3. The van der Waals surface area contributed by atoms with E-state index in [0.717, 1.165) is 12.8 Å². The average Bonchev–Trinajstić information content (AvgIpc) is 2.66. The molecule has 0 aromatic rings. The third kappa shape index (κ3) is 1.20. The molecule has 1 atom stereocenters. The summed E-state index contributed by atoms with van der Waals surface area (Å²) in [4.78, 5) is 26.1. The van der Waals surface area contributed by atoms with Gasteiger partial charge in [0.1, 0.15) is 6.04 Å². The Morgan fingerprint density at radius 1 is 1.46 bits per heavy atom. The molecule has 0 saturated carbocycles. The van der Waals surface area contributed by atoms with Crippen LogP contribution in [0.25, 0.3) is 0 Å². The largest absolute Gasteiger partial charge is 0.327 e. The van der Waals surface area contributed by atoms with E-state index in [2.05, 4.69) is 0 Å². The van der Waals surface area contributed by atoms with Gasteiger partial charge in [-0.3, -0.25) is 9.69 Å². The molecule has 2 saturated heterocycles. The van der Waals surface area contributed by atoms with Gasteiger partial charge in [-0.2, -0.15) is 0 Å². The standard InChI is InChI=1S/C8H11ClN2O2/c9-3-5-11-7(12)6-2-1-4-10(6)8(11)13/h6H,1-5H2. The predicted molar refractivity (Wildman–Crippen MR) is 47.6 cm³/mol. The first kappa shape index (κ1) is 8.81. The maximum Gasteiger partial charge on any atom is 0.327 e. The Kier molecular flexibility index (Phi) is 2.15. The SMILES string of the molecule is O=C1C2CCCN2C(=O)N1CCCl. The normalized spacial score (nSPS) is 27.3. The van der Waals surface area contributed by atoms with Gasteiger partial charge in [0, 0.05) is 19.0 Å². The van der Waals surface area contributed by atoms with Crippen LogP contribution >= 0.6 is 11.6 Å². The van der Waals surface area contributed by atoms with E-state index in [4.69, 9.17) is 11.6 Å². The van der Waals surface area contributed by atoms with Crippen molar-refractivity contribution in [3.05, 3.63) is 0 Å². The smallest absolute Gasteiger partial charge is 0.312 e. The van der Waals surface area contributed by atoms with Crippen LogP contribution in [0.15, 0.2) is 0 Å². The van der Waals surface area contributed by atoms with Crippen molar-refractivity contribution < 1.29 is 9.59 Å². The number of nitrogens with zero attached hydrogens (tertiary/aromatic N) is 2. The summed E-state index contributed by atoms with van der Waals surface area (Å²) in [5.41, 5.74) is 0. The summed E-state index contributed by atoms with van der Waals surface area (Å²) >= 11 is 5.50. The first-order chi connectivity index (χ1) is 6.25. The third-order valence-corrected chi connectivity index (χ3v) is 2.76. The van der Waals surface area contributed by atoms with Crippen molar-refractivity contribution in [1.29, 1.82) is 0 Å². The molecule has 0 spiro atoms. The molecule has 2 fully saturated rings. The van der Waals surface area contributed by atoms with Crippen LogP contribution in [-0.2, 0) is 4.79 Å². The van der Waals surface area contributed by atoms with Gasteiger partial charge in [-0.15, -0.1) is 11.6 Å². The molecule has 0 aromatic carbocycles. The molecule has 0 N–H and O–H groups in total. The number of alkyl halides is 1. The Balaban J connectivity index is 2.16. The van der Waals surface area contributed by atoms with Gasteiger partial charge in [0.25, 0.3) is 5.91 Å². The van der Waals surface area contributed by atoms with Gasteiger partial charge in [-0.25, -0.2) is 4.79 Å². The highest BCUT2D eigenvalue weighted by atomic mass is 35.5. The number of carbonyl (C=O) groups is 2. The number of hydrogen-bond acceptors (Lipinski definition) is 2. The fourth-order valence-electron chi connectivity index (χ4n) is 1.97. The molecule has 2 heterocycles. The van der Waals surface area contributed by atoms with Crippen molar-refractivity contribution in [3.63, 3.8) is 0 Å². The average molecular weight is 203 g/mol. The van der Waals surface area contributed by atoms with Crippen LogP contribution in [0.1, 0.15) is 12.8 Å². The molecule has 72 valence electrons. The fourth-order valence-corrected chi connectivity index (χ4v) is 2.14. The van der Waals surface area contributed by atoms with Crippen LogP contribution in [0.5, 0.6) is 0 Å². The van der Waals surface area contributed by atoms with Crippen LogP contribution in [0.3, 0.4) is 0 Å². The summed E-state index contributed by atoms with van der Waals surface area (Å²) in [6.45, 7) is 1.06. The van der Waals surface area contributed by atoms with Gasteiger partial charge in [0.2, 0.25) is 0 Å². The number of hydrogen-bond donors (Lipinski definition) is 0. The number of fused-ring (bicyclic) bond motifs is 1. The van der Waals surface area contributed by atoms with Crippen molar-refractivity contribution in [2.24, 2.45) is 0 Å². The van der Waals surface area contributed by atoms with Crippen LogP contribution in [0.4, 0.5) is 4.79 Å². The van der Waals surface area contributed by atoms with Crippen molar-refractivity contribution in [3.8, 4) is 0 Å². The van der Waals surface area contributed by atoms with E-state index in [0.29, 0.717) is 19.0 Å². The topological polar surface area (TPSA) is 40.6 Å². The van der Waals surface area contributed by atoms with E-state index in [1.165, 1.54) is 4.90 Å². The number of urea groups is 1. The number of imide groups is 1. The highest BCUT2D eigenvalue weighted by Gasteiger charge is 2.46. The Labute approximate surface area is 81.4 Å². The second-order valence-electron chi connectivity index (χ2n) is 3.31. The van der Waals surface area contributed by atoms with Crippen LogP contribution in [0.2, 0.25) is 0 Å². The second kappa shape index (κ2) is 3.18. The van der Waals surface area contributed by atoms with E-state index in [1.54, 1.807) is 4.90 Å². The van der Waals surface area contributed by atoms with Gasteiger partial charge in [-0.05, 0) is 12.8 Å². The molecule has 0 aliphatic carbocycles. The van der Waals surface area contributed by atoms with E-state index in [-0.39, 0.29) is 18.0 Å². The highest BCUT2D eigenvalue weighted by Crippen LogP contribution is 2.26. The second-order valence-corrected chi connectivity index (χ2v) is 3.69. The Bertz CT molecular complexity index is 235. The number of carbonyl (C=O) groups excluding carboxylic acids is 2. The van der Waals surface area contributed by atoms with Crippen molar-refractivity contribution in [1.82, 2.24) is 9.80 Å². The summed E-state index contributed by atoms with van der Waals surface area (Å²) < 4.78 is 0. The lowest BCUT2D eigenvalue weighted by atomic mass is 10.2. The van der Waals surface area contributed by atoms with Crippen LogP contribution < -0.4 is 0 Å². The number of rotatable bonds is 2. The van der Waals surface area contributed by atoms with E-state index in [1.807, 2.05) is 0 Å². The molecule has 2 aliphatic rings. The molecule has 3 amide bonds. The van der Waals surface area contributed by atoms with Gasteiger partial charge in [-0.1, -0.05) is 0 Å². The van der Waals surface area contributed by atoms with Gasteiger partial charge in [0.05, 0.1) is 0 Å².